The number of nitrogens with one attached hydrogen (secondary N) is 1. The van der Waals surface area contributed by atoms with Gasteiger partial charge in [-0.05, 0) is 19.0 Å². The van der Waals surface area contributed by atoms with E-state index in [1.165, 1.54) is 0 Å². The number of rotatable bonds is 6. The average molecular weight is 213 g/mol. The minimum Gasteiger partial charge on any atom is -0.385 e. The summed E-state index contributed by atoms with van der Waals surface area (Å²) in [5, 5.41) is 17.2. The molecule has 0 bridgehead atoms. The Labute approximate surface area is 90.1 Å². The number of hydrogen-bond acceptors (Lipinski definition) is 4. The second-order valence-corrected chi connectivity index (χ2v) is 3.45. The molecule has 0 spiro atoms. The zero-order valence-corrected chi connectivity index (χ0v) is 9.53. The third-order valence-electron chi connectivity index (χ3n) is 2.23. The molecule has 0 fully saturated rings. The Morgan fingerprint density at radius 1 is 1.67 bits per heavy atom. The molecule has 0 radical (unpaired) electrons. The highest BCUT2D eigenvalue weighted by atomic mass is 16.5. The van der Waals surface area contributed by atoms with Crippen LogP contribution in [0, 0.1) is 6.92 Å². The van der Waals surface area contributed by atoms with Crippen LogP contribution in [-0.2, 0) is 11.5 Å². The van der Waals surface area contributed by atoms with E-state index < -0.39 is 6.10 Å². The average Bonchev–Trinajstić information content (AvgIpc) is 2.57. The summed E-state index contributed by atoms with van der Waals surface area (Å²) in [7, 11) is 1.61. The first kappa shape index (κ1) is 12.2. The summed E-state index contributed by atoms with van der Waals surface area (Å²) in [6.07, 6.45) is 1.20. The summed E-state index contributed by atoms with van der Waals surface area (Å²) in [5.74, 6) is 0. The van der Waals surface area contributed by atoms with Crippen molar-refractivity contribution in [2.24, 2.45) is 0 Å². The van der Waals surface area contributed by atoms with Crippen LogP contribution in [0.2, 0.25) is 0 Å². The van der Waals surface area contributed by atoms with Crippen LogP contribution in [0.25, 0.3) is 0 Å². The maximum absolute atomic E-state index is 9.95. The van der Waals surface area contributed by atoms with Crippen LogP contribution in [0.5, 0.6) is 0 Å². The first-order valence-corrected chi connectivity index (χ1v) is 5.10. The molecule has 5 nitrogen and oxygen atoms in total. The van der Waals surface area contributed by atoms with Gasteiger partial charge < -0.3 is 15.2 Å². The van der Waals surface area contributed by atoms with Gasteiger partial charge in [-0.25, -0.2) is 4.68 Å². The lowest BCUT2D eigenvalue weighted by Gasteiger charge is -2.14. The molecule has 0 amide bonds. The number of methoxy groups -OCH3 is 1. The van der Waals surface area contributed by atoms with Crippen LogP contribution in [0.4, 0.5) is 0 Å². The fraction of sp³-hybridized carbons (Fsp3) is 0.700. The summed E-state index contributed by atoms with van der Waals surface area (Å²) in [4.78, 5) is 0. The Morgan fingerprint density at radius 3 is 3.00 bits per heavy atom. The second-order valence-electron chi connectivity index (χ2n) is 3.45. The SMILES string of the molecule is CCNCC(O)c1c(C)cnn1COC. The highest BCUT2D eigenvalue weighted by Gasteiger charge is 2.15. The van der Waals surface area contributed by atoms with E-state index in [1.807, 2.05) is 13.8 Å². The topological polar surface area (TPSA) is 59.3 Å². The Hall–Kier alpha value is -0.910. The largest absolute Gasteiger partial charge is 0.385 e. The zero-order chi connectivity index (χ0) is 11.3. The lowest BCUT2D eigenvalue weighted by atomic mass is 10.2. The molecule has 0 aliphatic rings. The van der Waals surface area contributed by atoms with Gasteiger partial charge in [0.15, 0.2) is 0 Å². The molecule has 0 aromatic carbocycles. The second kappa shape index (κ2) is 5.85. The van der Waals surface area contributed by atoms with Crippen molar-refractivity contribution in [2.75, 3.05) is 20.2 Å². The molecule has 1 aromatic heterocycles. The minimum absolute atomic E-state index is 0.367. The van der Waals surface area contributed by atoms with Gasteiger partial charge >= 0.3 is 0 Å². The highest BCUT2D eigenvalue weighted by molar-refractivity contribution is 5.18. The molecular weight excluding hydrogens is 194 g/mol. The first-order valence-electron chi connectivity index (χ1n) is 5.10. The molecule has 15 heavy (non-hydrogen) atoms. The molecule has 0 saturated heterocycles. The van der Waals surface area contributed by atoms with Crippen molar-refractivity contribution in [3.63, 3.8) is 0 Å². The third kappa shape index (κ3) is 3.02. The van der Waals surface area contributed by atoms with Crippen molar-refractivity contribution < 1.29 is 9.84 Å². The molecule has 0 aliphatic heterocycles. The fourth-order valence-corrected chi connectivity index (χ4v) is 1.53. The van der Waals surface area contributed by atoms with Crippen LogP contribution in [0.3, 0.4) is 0 Å². The molecule has 2 N–H and O–H groups in total. The van der Waals surface area contributed by atoms with Gasteiger partial charge in [0.1, 0.15) is 12.8 Å². The number of likely N-dealkylation sites (N-methyl/N-ethyl adjacent to an activating group) is 1. The van der Waals surface area contributed by atoms with Crippen LogP contribution in [-0.4, -0.2) is 35.1 Å². The van der Waals surface area contributed by atoms with Gasteiger partial charge in [0, 0.05) is 13.7 Å². The number of ether oxygens (including phenoxy) is 1. The van der Waals surface area contributed by atoms with Gasteiger partial charge in [0.25, 0.3) is 0 Å². The van der Waals surface area contributed by atoms with Gasteiger partial charge in [0.05, 0.1) is 11.9 Å². The molecule has 0 aliphatic carbocycles. The minimum atomic E-state index is -0.539. The zero-order valence-electron chi connectivity index (χ0n) is 9.53. The number of aryl methyl sites for hydroxylation is 1. The quantitative estimate of drug-likeness (QED) is 0.720. The molecular formula is C10H19N3O2. The van der Waals surface area contributed by atoms with E-state index in [9.17, 15) is 5.11 Å². The van der Waals surface area contributed by atoms with E-state index in [1.54, 1.807) is 18.0 Å². The summed E-state index contributed by atoms with van der Waals surface area (Å²) in [5.41, 5.74) is 1.80. The number of hydrogen-bond donors (Lipinski definition) is 2. The van der Waals surface area contributed by atoms with Crippen molar-refractivity contribution in [3.05, 3.63) is 17.5 Å². The predicted octanol–water partition coefficient (Wildman–Crippen LogP) is 0.438. The fourth-order valence-electron chi connectivity index (χ4n) is 1.53. The standard InChI is InChI=1S/C10H19N3O2/c1-4-11-6-9(14)10-8(2)5-12-13(10)7-15-3/h5,9,11,14H,4,6-7H2,1-3H3. The van der Waals surface area contributed by atoms with Gasteiger partial charge in [-0.15, -0.1) is 0 Å². The molecule has 1 heterocycles. The summed E-state index contributed by atoms with van der Waals surface area (Å²) in [6, 6.07) is 0. The van der Waals surface area contributed by atoms with Crippen molar-refractivity contribution >= 4 is 0 Å². The molecule has 1 unspecified atom stereocenters. The third-order valence-corrected chi connectivity index (χ3v) is 2.23. The summed E-state index contributed by atoms with van der Waals surface area (Å²) < 4.78 is 6.68. The van der Waals surface area contributed by atoms with Crippen molar-refractivity contribution in [2.45, 2.75) is 26.7 Å². The van der Waals surface area contributed by atoms with Gasteiger partial charge in [-0.1, -0.05) is 6.92 Å². The number of aliphatic hydroxyl groups is 1. The Balaban J connectivity index is 2.75. The molecule has 0 saturated carbocycles. The van der Waals surface area contributed by atoms with Gasteiger partial charge in [0.2, 0.25) is 0 Å². The van der Waals surface area contributed by atoms with E-state index in [-0.39, 0.29) is 0 Å². The van der Waals surface area contributed by atoms with E-state index in [0.717, 1.165) is 17.8 Å². The molecule has 86 valence electrons. The van der Waals surface area contributed by atoms with Crippen molar-refractivity contribution in [1.82, 2.24) is 15.1 Å². The normalized spacial score (nSPS) is 13.1. The summed E-state index contributed by atoms with van der Waals surface area (Å²) in [6.45, 7) is 5.68. The Morgan fingerprint density at radius 2 is 2.40 bits per heavy atom. The molecule has 1 rings (SSSR count). The van der Waals surface area contributed by atoms with Crippen molar-refractivity contribution in [3.8, 4) is 0 Å². The van der Waals surface area contributed by atoms with E-state index >= 15 is 0 Å². The Kier molecular flexibility index (Phi) is 4.74. The lowest BCUT2D eigenvalue weighted by molar-refractivity contribution is 0.100. The summed E-state index contributed by atoms with van der Waals surface area (Å²) >= 11 is 0. The number of aromatic nitrogens is 2. The monoisotopic (exact) mass is 213 g/mol. The van der Waals surface area contributed by atoms with Crippen LogP contribution in [0.15, 0.2) is 6.20 Å². The van der Waals surface area contributed by atoms with E-state index in [0.29, 0.717) is 13.3 Å². The van der Waals surface area contributed by atoms with Crippen molar-refractivity contribution in [1.29, 1.82) is 0 Å². The molecule has 1 aromatic rings. The number of nitrogens with zero attached hydrogens (tertiary/aromatic N) is 2. The maximum atomic E-state index is 9.95. The first-order chi connectivity index (χ1) is 7.20. The molecule has 5 heteroatoms. The Bertz CT molecular complexity index is 299. The van der Waals surface area contributed by atoms with Crippen LogP contribution >= 0.6 is 0 Å². The number of aliphatic hydroxyl groups excluding tert-OH is 1. The van der Waals surface area contributed by atoms with Gasteiger partial charge in [-0.3, -0.25) is 0 Å². The van der Waals surface area contributed by atoms with Crippen LogP contribution in [0.1, 0.15) is 24.3 Å². The highest BCUT2D eigenvalue weighted by Crippen LogP contribution is 2.16. The predicted molar refractivity (Wildman–Crippen MR) is 57.5 cm³/mol. The smallest absolute Gasteiger partial charge is 0.139 e. The lowest BCUT2D eigenvalue weighted by Crippen LogP contribution is -2.23. The van der Waals surface area contributed by atoms with Gasteiger partial charge in [-0.2, -0.15) is 5.10 Å². The van der Waals surface area contributed by atoms with E-state index in [4.69, 9.17) is 4.74 Å². The maximum Gasteiger partial charge on any atom is 0.139 e. The molecule has 1 atom stereocenters. The van der Waals surface area contributed by atoms with Crippen LogP contribution < -0.4 is 5.32 Å². The van der Waals surface area contributed by atoms with E-state index in [2.05, 4.69) is 10.4 Å².